The molecule has 0 aromatic heterocycles. The minimum Gasteiger partial charge on any atom is -0.497 e. The number of carbonyl (C=O) groups is 2. The Labute approximate surface area is 118 Å². The largest absolute Gasteiger partial charge is 0.497 e. The van der Waals surface area contributed by atoms with Crippen molar-refractivity contribution in [3.8, 4) is 5.75 Å². The Balaban J connectivity index is 1.99. The van der Waals surface area contributed by atoms with E-state index >= 15 is 0 Å². The van der Waals surface area contributed by atoms with Crippen LogP contribution in [0.3, 0.4) is 0 Å². The second-order valence-electron chi connectivity index (χ2n) is 4.90. The molecule has 1 aromatic rings. The van der Waals surface area contributed by atoms with E-state index in [-0.39, 0.29) is 11.9 Å². The molecule has 1 heterocycles. The molecule has 1 aliphatic heterocycles. The highest BCUT2D eigenvalue weighted by Crippen LogP contribution is 2.16. The first-order valence-corrected chi connectivity index (χ1v) is 6.90. The topological polar surface area (TPSA) is 58.6 Å². The van der Waals surface area contributed by atoms with Gasteiger partial charge in [0, 0.05) is 13.0 Å². The van der Waals surface area contributed by atoms with Gasteiger partial charge in [-0.15, -0.1) is 0 Å². The molecule has 1 N–H and O–H groups in total. The van der Waals surface area contributed by atoms with Crippen molar-refractivity contribution in [2.45, 2.75) is 32.2 Å². The van der Waals surface area contributed by atoms with Crippen LogP contribution in [-0.2, 0) is 11.2 Å². The van der Waals surface area contributed by atoms with E-state index in [2.05, 4.69) is 5.32 Å². The Kier molecular flexibility index (Phi) is 4.61. The molecule has 5 heteroatoms. The molecule has 1 aromatic carbocycles. The lowest BCUT2D eigenvalue weighted by Crippen LogP contribution is -2.33. The van der Waals surface area contributed by atoms with Crippen LogP contribution in [0, 0.1) is 0 Å². The van der Waals surface area contributed by atoms with E-state index in [9.17, 15) is 9.59 Å². The van der Waals surface area contributed by atoms with Gasteiger partial charge in [0.1, 0.15) is 11.8 Å². The highest BCUT2D eigenvalue weighted by molar-refractivity contribution is 6.04. The number of nitrogens with one attached hydrogen (secondary N) is 1. The predicted molar refractivity (Wildman–Crippen MR) is 75.6 cm³/mol. The smallest absolute Gasteiger partial charge is 0.324 e. The quantitative estimate of drug-likeness (QED) is 0.808. The van der Waals surface area contributed by atoms with E-state index in [0.717, 1.165) is 24.2 Å². The summed E-state index contributed by atoms with van der Waals surface area (Å²) >= 11 is 0. The molecule has 0 bridgehead atoms. The number of imide groups is 1. The van der Waals surface area contributed by atoms with Gasteiger partial charge in [-0.3, -0.25) is 9.69 Å². The number of rotatable bonds is 6. The number of hydrogen-bond donors (Lipinski definition) is 1. The zero-order valence-corrected chi connectivity index (χ0v) is 11.9. The monoisotopic (exact) mass is 276 g/mol. The highest BCUT2D eigenvalue weighted by Gasteiger charge is 2.37. The molecule has 1 atom stereocenters. The maximum absolute atomic E-state index is 12.2. The molecule has 0 aliphatic carbocycles. The molecule has 0 radical (unpaired) electrons. The van der Waals surface area contributed by atoms with Crippen LogP contribution < -0.4 is 10.1 Å². The van der Waals surface area contributed by atoms with Crippen molar-refractivity contribution in [3.63, 3.8) is 0 Å². The van der Waals surface area contributed by atoms with Gasteiger partial charge in [0.2, 0.25) is 0 Å². The number of amides is 3. The molecule has 1 saturated heterocycles. The first-order chi connectivity index (χ1) is 9.65. The van der Waals surface area contributed by atoms with Crippen molar-refractivity contribution in [1.29, 1.82) is 0 Å². The zero-order chi connectivity index (χ0) is 14.5. The van der Waals surface area contributed by atoms with Crippen LogP contribution in [0.4, 0.5) is 4.79 Å². The SMILES string of the molecule is CCCCN1C(=O)NC(Cc2ccc(OC)cc2)C1=O. The van der Waals surface area contributed by atoms with Crippen molar-refractivity contribution >= 4 is 11.9 Å². The van der Waals surface area contributed by atoms with Crippen molar-refractivity contribution in [1.82, 2.24) is 10.2 Å². The van der Waals surface area contributed by atoms with E-state index in [1.54, 1.807) is 7.11 Å². The van der Waals surface area contributed by atoms with Crippen LogP contribution in [-0.4, -0.2) is 36.5 Å². The van der Waals surface area contributed by atoms with Gasteiger partial charge in [-0.1, -0.05) is 25.5 Å². The summed E-state index contributed by atoms with van der Waals surface area (Å²) in [5, 5.41) is 2.75. The van der Waals surface area contributed by atoms with Gasteiger partial charge >= 0.3 is 6.03 Å². The van der Waals surface area contributed by atoms with Crippen LogP contribution in [0.5, 0.6) is 5.75 Å². The third-order valence-corrected chi connectivity index (χ3v) is 3.44. The van der Waals surface area contributed by atoms with Gasteiger partial charge in [0.15, 0.2) is 0 Å². The van der Waals surface area contributed by atoms with Gasteiger partial charge in [-0.2, -0.15) is 0 Å². The van der Waals surface area contributed by atoms with E-state index < -0.39 is 6.04 Å². The number of hydrogen-bond acceptors (Lipinski definition) is 3. The summed E-state index contributed by atoms with van der Waals surface area (Å²) in [5.74, 6) is 0.652. The van der Waals surface area contributed by atoms with E-state index in [1.165, 1.54) is 4.90 Å². The minimum atomic E-state index is -0.451. The summed E-state index contributed by atoms with van der Waals surface area (Å²) in [7, 11) is 1.61. The van der Waals surface area contributed by atoms with Crippen molar-refractivity contribution < 1.29 is 14.3 Å². The Morgan fingerprint density at radius 2 is 1.95 bits per heavy atom. The fourth-order valence-corrected chi connectivity index (χ4v) is 2.24. The van der Waals surface area contributed by atoms with Gasteiger partial charge < -0.3 is 10.1 Å². The number of methoxy groups -OCH3 is 1. The minimum absolute atomic E-state index is 0.126. The summed E-state index contributed by atoms with van der Waals surface area (Å²) in [6.07, 6.45) is 2.31. The average molecular weight is 276 g/mol. The Hall–Kier alpha value is -2.04. The molecule has 0 spiro atoms. The molecule has 108 valence electrons. The summed E-state index contributed by atoms with van der Waals surface area (Å²) in [6, 6.07) is 6.80. The summed E-state index contributed by atoms with van der Waals surface area (Å²) in [5.41, 5.74) is 1.00. The van der Waals surface area contributed by atoms with E-state index in [0.29, 0.717) is 13.0 Å². The molecular weight excluding hydrogens is 256 g/mol. The Morgan fingerprint density at radius 3 is 2.55 bits per heavy atom. The lowest BCUT2D eigenvalue weighted by atomic mass is 10.1. The van der Waals surface area contributed by atoms with Gasteiger partial charge in [-0.25, -0.2) is 4.79 Å². The molecule has 20 heavy (non-hydrogen) atoms. The van der Waals surface area contributed by atoms with Crippen molar-refractivity contribution in [2.75, 3.05) is 13.7 Å². The second kappa shape index (κ2) is 6.41. The number of nitrogens with zero attached hydrogens (tertiary/aromatic N) is 1. The fourth-order valence-electron chi connectivity index (χ4n) is 2.24. The number of ether oxygens (including phenoxy) is 1. The second-order valence-corrected chi connectivity index (χ2v) is 4.90. The third kappa shape index (κ3) is 3.10. The van der Waals surface area contributed by atoms with Crippen molar-refractivity contribution in [2.24, 2.45) is 0 Å². The Morgan fingerprint density at radius 1 is 1.25 bits per heavy atom. The maximum Gasteiger partial charge on any atom is 0.324 e. The summed E-state index contributed by atoms with van der Waals surface area (Å²) < 4.78 is 5.09. The number of unbranched alkanes of at least 4 members (excludes halogenated alkanes) is 1. The zero-order valence-electron chi connectivity index (χ0n) is 11.9. The number of benzene rings is 1. The van der Waals surface area contributed by atoms with Crippen LogP contribution in [0.1, 0.15) is 25.3 Å². The standard InChI is InChI=1S/C15H20N2O3/c1-3-4-9-17-14(18)13(16-15(17)19)10-11-5-7-12(20-2)8-6-11/h5-8,13H,3-4,9-10H2,1-2H3,(H,16,19). The molecule has 2 rings (SSSR count). The fraction of sp³-hybridized carbons (Fsp3) is 0.467. The van der Waals surface area contributed by atoms with Gasteiger partial charge in [-0.05, 0) is 24.1 Å². The lowest BCUT2D eigenvalue weighted by Gasteiger charge is -2.12. The molecule has 1 aliphatic rings. The van der Waals surface area contributed by atoms with Crippen LogP contribution in [0.25, 0.3) is 0 Å². The molecular formula is C15H20N2O3. The van der Waals surface area contributed by atoms with Gasteiger partial charge in [0.05, 0.1) is 7.11 Å². The molecule has 0 saturated carbocycles. The number of carbonyl (C=O) groups excluding carboxylic acids is 2. The number of urea groups is 1. The van der Waals surface area contributed by atoms with E-state index in [1.807, 2.05) is 31.2 Å². The van der Waals surface area contributed by atoms with Crippen LogP contribution in [0.2, 0.25) is 0 Å². The predicted octanol–water partition coefficient (Wildman–Crippen LogP) is 1.96. The van der Waals surface area contributed by atoms with E-state index in [4.69, 9.17) is 4.74 Å². The molecule has 1 fully saturated rings. The third-order valence-electron chi connectivity index (χ3n) is 3.44. The first-order valence-electron chi connectivity index (χ1n) is 6.90. The highest BCUT2D eigenvalue weighted by atomic mass is 16.5. The summed E-state index contributed by atoms with van der Waals surface area (Å²) in [6.45, 7) is 2.54. The van der Waals surface area contributed by atoms with Crippen LogP contribution in [0.15, 0.2) is 24.3 Å². The molecule has 3 amide bonds. The van der Waals surface area contributed by atoms with Crippen LogP contribution >= 0.6 is 0 Å². The Bertz CT molecular complexity index is 484. The molecule has 1 unspecified atom stereocenters. The van der Waals surface area contributed by atoms with Gasteiger partial charge in [0.25, 0.3) is 5.91 Å². The average Bonchev–Trinajstić information content (AvgIpc) is 2.72. The summed E-state index contributed by atoms with van der Waals surface area (Å²) in [4.78, 5) is 25.2. The van der Waals surface area contributed by atoms with Crippen molar-refractivity contribution in [3.05, 3.63) is 29.8 Å². The molecule has 5 nitrogen and oxygen atoms in total. The lowest BCUT2D eigenvalue weighted by molar-refractivity contribution is -0.127. The maximum atomic E-state index is 12.2. The normalized spacial score (nSPS) is 18.3. The first kappa shape index (κ1) is 14.4.